The first-order valence-electron chi connectivity index (χ1n) is 7.48. The van der Waals surface area contributed by atoms with Gasteiger partial charge in [-0.25, -0.2) is 0 Å². The molecule has 0 saturated heterocycles. The quantitative estimate of drug-likeness (QED) is 0.892. The third-order valence-electron chi connectivity index (χ3n) is 4.52. The van der Waals surface area contributed by atoms with Crippen LogP contribution in [0.25, 0.3) is 10.9 Å². The largest absolute Gasteiger partial charge is 0.353 e. The number of para-hydroxylation sites is 1. The lowest BCUT2D eigenvalue weighted by atomic mass is 9.82. The number of hydrogen-bond acceptors (Lipinski definition) is 1. The van der Waals surface area contributed by atoms with Crippen molar-refractivity contribution in [3.8, 4) is 0 Å². The van der Waals surface area contributed by atoms with Crippen LogP contribution in [-0.4, -0.2) is 16.5 Å². The molecular weight excluding hydrogens is 248 g/mol. The molecule has 3 nitrogen and oxygen atoms in total. The second-order valence-electron chi connectivity index (χ2n) is 5.89. The lowest BCUT2D eigenvalue weighted by Gasteiger charge is -2.32. The molecule has 20 heavy (non-hydrogen) atoms. The number of rotatable bonds is 2. The van der Waals surface area contributed by atoms with E-state index >= 15 is 0 Å². The van der Waals surface area contributed by atoms with Gasteiger partial charge in [0.05, 0.1) is 0 Å². The first-order valence-corrected chi connectivity index (χ1v) is 7.48. The highest BCUT2D eigenvalue weighted by Gasteiger charge is 2.29. The van der Waals surface area contributed by atoms with Crippen LogP contribution in [0.2, 0.25) is 0 Å². The third-order valence-corrected chi connectivity index (χ3v) is 4.52. The Kier molecular flexibility index (Phi) is 3.51. The van der Waals surface area contributed by atoms with Crippen LogP contribution < -0.4 is 5.32 Å². The number of carbonyl (C=O) groups is 1. The van der Waals surface area contributed by atoms with E-state index in [1.165, 1.54) is 29.4 Å². The van der Waals surface area contributed by atoms with Gasteiger partial charge in [-0.3, -0.25) is 4.79 Å². The maximum absolute atomic E-state index is 11.4. The van der Waals surface area contributed by atoms with E-state index in [2.05, 4.69) is 47.3 Å². The molecule has 1 N–H and O–H groups in total. The Hall–Kier alpha value is -1.77. The normalized spacial score (nSPS) is 22.9. The smallest absolute Gasteiger partial charge is 0.217 e. The van der Waals surface area contributed by atoms with E-state index in [1.54, 1.807) is 6.92 Å². The molecule has 1 aliphatic rings. The maximum atomic E-state index is 11.4. The van der Waals surface area contributed by atoms with Crippen molar-refractivity contribution in [3.63, 3.8) is 0 Å². The van der Waals surface area contributed by atoms with Crippen LogP contribution in [-0.2, 0) is 11.8 Å². The van der Waals surface area contributed by atoms with E-state index in [9.17, 15) is 4.79 Å². The molecule has 0 unspecified atom stereocenters. The summed E-state index contributed by atoms with van der Waals surface area (Å²) in [4.78, 5) is 11.4. The molecule has 3 rings (SSSR count). The van der Waals surface area contributed by atoms with Gasteiger partial charge >= 0.3 is 0 Å². The van der Waals surface area contributed by atoms with Crippen LogP contribution in [0.1, 0.15) is 44.2 Å². The van der Waals surface area contributed by atoms with Gasteiger partial charge in [0.25, 0.3) is 0 Å². The zero-order valence-electron chi connectivity index (χ0n) is 12.2. The van der Waals surface area contributed by atoms with E-state index in [4.69, 9.17) is 0 Å². The van der Waals surface area contributed by atoms with Crippen LogP contribution in [0.3, 0.4) is 0 Å². The van der Waals surface area contributed by atoms with Gasteiger partial charge in [0.15, 0.2) is 0 Å². The number of benzene rings is 1. The monoisotopic (exact) mass is 270 g/mol. The van der Waals surface area contributed by atoms with Crippen molar-refractivity contribution in [2.75, 3.05) is 0 Å². The summed E-state index contributed by atoms with van der Waals surface area (Å²) in [6.45, 7) is 1.62. The predicted octanol–water partition coefficient (Wildman–Crippen LogP) is 3.34. The molecule has 1 aromatic heterocycles. The summed E-state index contributed by atoms with van der Waals surface area (Å²) in [5.74, 6) is 0.519. The molecule has 0 spiro atoms. The molecule has 2 atom stereocenters. The molecule has 1 aliphatic carbocycles. The number of hydrogen-bond donors (Lipinski definition) is 1. The lowest BCUT2D eigenvalue weighted by molar-refractivity contribution is -0.120. The second kappa shape index (κ2) is 5.31. The van der Waals surface area contributed by atoms with Gasteiger partial charge in [-0.15, -0.1) is 0 Å². The van der Waals surface area contributed by atoms with Crippen LogP contribution in [0.4, 0.5) is 0 Å². The Morgan fingerprint density at radius 2 is 2.00 bits per heavy atom. The van der Waals surface area contributed by atoms with Crippen molar-refractivity contribution < 1.29 is 4.79 Å². The molecule has 1 aromatic carbocycles. The van der Waals surface area contributed by atoms with Crippen LogP contribution >= 0.6 is 0 Å². The molecule has 1 fully saturated rings. The fraction of sp³-hybridized carbons (Fsp3) is 0.471. The minimum absolute atomic E-state index is 0.0839. The van der Waals surface area contributed by atoms with E-state index in [0.29, 0.717) is 5.92 Å². The summed E-state index contributed by atoms with van der Waals surface area (Å²) in [6, 6.07) is 11.1. The highest BCUT2D eigenvalue weighted by atomic mass is 16.1. The van der Waals surface area contributed by atoms with Crippen LogP contribution in [0, 0.1) is 0 Å². The number of aromatic nitrogens is 1. The van der Waals surface area contributed by atoms with Crippen molar-refractivity contribution in [2.24, 2.45) is 7.05 Å². The Labute approximate surface area is 120 Å². The molecule has 1 amide bonds. The lowest BCUT2D eigenvalue weighted by Crippen LogP contribution is -2.40. The minimum Gasteiger partial charge on any atom is -0.353 e. The zero-order valence-corrected chi connectivity index (χ0v) is 12.2. The number of fused-ring (bicyclic) bond motifs is 1. The summed E-state index contributed by atoms with van der Waals surface area (Å²) in [5.41, 5.74) is 2.62. The number of aryl methyl sites for hydroxylation is 1. The first kappa shape index (κ1) is 13.2. The van der Waals surface area contributed by atoms with Crippen molar-refractivity contribution in [3.05, 3.63) is 36.0 Å². The Bertz CT molecular complexity index is 629. The molecule has 3 heteroatoms. The minimum atomic E-state index is 0.0839. The predicted molar refractivity (Wildman–Crippen MR) is 81.7 cm³/mol. The first-order chi connectivity index (χ1) is 9.66. The van der Waals surface area contributed by atoms with Gasteiger partial charge in [0.2, 0.25) is 5.91 Å². The molecule has 1 saturated carbocycles. The van der Waals surface area contributed by atoms with E-state index in [1.807, 2.05) is 0 Å². The Morgan fingerprint density at radius 1 is 1.25 bits per heavy atom. The summed E-state index contributed by atoms with van der Waals surface area (Å²) in [6.07, 6.45) is 4.72. The van der Waals surface area contributed by atoms with E-state index in [0.717, 1.165) is 12.8 Å². The number of nitrogens with one attached hydrogen (secondary N) is 1. The van der Waals surface area contributed by atoms with Crippen LogP contribution in [0.5, 0.6) is 0 Å². The second-order valence-corrected chi connectivity index (χ2v) is 5.89. The average molecular weight is 270 g/mol. The average Bonchev–Trinajstić information content (AvgIpc) is 2.77. The Balaban J connectivity index is 1.99. The van der Waals surface area contributed by atoms with E-state index in [-0.39, 0.29) is 11.9 Å². The highest BCUT2D eigenvalue weighted by molar-refractivity contribution is 5.81. The van der Waals surface area contributed by atoms with Gasteiger partial charge in [-0.1, -0.05) is 31.0 Å². The van der Waals surface area contributed by atoms with Gasteiger partial charge < -0.3 is 9.88 Å². The van der Waals surface area contributed by atoms with Crippen molar-refractivity contribution >= 4 is 16.8 Å². The summed E-state index contributed by atoms with van der Waals surface area (Å²) < 4.78 is 2.29. The molecule has 1 heterocycles. The van der Waals surface area contributed by atoms with Gasteiger partial charge in [0, 0.05) is 37.1 Å². The fourth-order valence-electron chi connectivity index (χ4n) is 3.58. The van der Waals surface area contributed by atoms with E-state index < -0.39 is 0 Å². The summed E-state index contributed by atoms with van der Waals surface area (Å²) >= 11 is 0. The number of carbonyl (C=O) groups excluding carboxylic acids is 1. The Morgan fingerprint density at radius 3 is 2.75 bits per heavy atom. The van der Waals surface area contributed by atoms with Gasteiger partial charge in [-0.05, 0) is 30.4 Å². The van der Waals surface area contributed by atoms with Crippen molar-refractivity contribution in [2.45, 2.75) is 44.6 Å². The van der Waals surface area contributed by atoms with Crippen molar-refractivity contribution in [1.82, 2.24) is 9.88 Å². The SMILES string of the molecule is CC(=O)N[C@H]1CCCC[C@H]1c1cc2ccccc2n1C. The summed E-state index contributed by atoms with van der Waals surface area (Å²) in [7, 11) is 2.14. The van der Waals surface area contributed by atoms with Crippen LogP contribution in [0.15, 0.2) is 30.3 Å². The molecule has 0 radical (unpaired) electrons. The van der Waals surface area contributed by atoms with Crippen molar-refractivity contribution in [1.29, 1.82) is 0 Å². The molecule has 106 valence electrons. The molecule has 2 aromatic rings. The number of amides is 1. The molecular formula is C17H22N2O. The third kappa shape index (κ3) is 2.33. The topological polar surface area (TPSA) is 34.0 Å². The molecule has 0 aliphatic heterocycles. The highest BCUT2D eigenvalue weighted by Crippen LogP contribution is 2.35. The fourth-order valence-corrected chi connectivity index (χ4v) is 3.58. The van der Waals surface area contributed by atoms with Gasteiger partial charge in [-0.2, -0.15) is 0 Å². The maximum Gasteiger partial charge on any atom is 0.217 e. The van der Waals surface area contributed by atoms with Gasteiger partial charge in [0.1, 0.15) is 0 Å². The summed E-state index contributed by atoms with van der Waals surface area (Å²) in [5, 5.41) is 4.44. The molecule has 0 bridgehead atoms. The standard InChI is InChI=1S/C17H22N2O/c1-12(20)18-15-9-5-4-8-14(15)17-11-13-7-3-6-10-16(13)19(17)2/h3,6-7,10-11,14-15H,4-5,8-9H2,1-2H3,(H,18,20)/t14-,15+/m1/s1. The zero-order chi connectivity index (χ0) is 14.1. The number of nitrogens with zero attached hydrogens (tertiary/aromatic N) is 1.